The van der Waals surface area contributed by atoms with Crippen molar-refractivity contribution in [3.05, 3.63) is 92.1 Å². The number of hydrogen-bond acceptors (Lipinski definition) is 4. The van der Waals surface area contributed by atoms with Crippen molar-refractivity contribution < 1.29 is 12.8 Å². The molecule has 31 heavy (non-hydrogen) atoms. The molecule has 0 spiro atoms. The first-order valence-corrected chi connectivity index (χ1v) is 12.1. The van der Waals surface area contributed by atoms with E-state index in [0.29, 0.717) is 22.7 Å². The Bertz CT molecular complexity index is 1340. The van der Waals surface area contributed by atoms with E-state index in [9.17, 15) is 17.6 Å². The van der Waals surface area contributed by atoms with E-state index in [-0.39, 0.29) is 23.1 Å². The van der Waals surface area contributed by atoms with E-state index in [1.54, 1.807) is 38.4 Å². The number of hydrogen-bond donors (Lipinski definition) is 1. The molecule has 4 rings (SSSR count). The smallest absolute Gasteiger partial charge is 0.250 e. The normalized spacial score (nSPS) is 15.8. The van der Waals surface area contributed by atoms with Crippen molar-refractivity contribution in [1.29, 1.82) is 0 Å². The molecular weight excluding hydrogens is 439 g/mol. The number of sulfone groups is 1. The van der Waals surface area contributed by atoms with Crippen LogP contribution in [0.25, 0.3) is 11.1 Å². The third kappa shape index (κ3) is 4.31. The molecule has 5 nitrogen and oxygen atoms in total. The van der Waals surface area contributed by atoms with Gasteiger partial charge in [0, 0.05) is 42.2 Å². The Kier molecular flexibility index (Phi) is 5.77. The molecule has 1 unspecified atom stereocenters. The van der Waals surface area contributed by atoms with Crippen LogP contribution < -0.4 is 10.9 Å². The lowest BCUT2D eigenvalue weighted by molar-refractivity contribution is 0.596. The summed E-state index contributed by atoms with van der Waals surface area (Å²) in [6.07, 6.45) is 1.77. The summed E-state index contributed by atoms with van der Waals surface area (Å²) < 4.78 is 39.5. The number of rotatable bonds is 4. The van der Waals surface area contributed by atoms with E-state index in [1.807, 2.05) is 12.1 Å². The Labute approximate surface area is 185 Å². The summed E-state index contributed by atoms with van der Waals surface area (Å²) in [5.74, 6) is -0.424. The maximum Gasteiger partial charge on any atom is 0.250 e. The van der Waals surface area contributed by atoms with Gasteiger partial charge in [0.15, 0.2) is 9.84 Å². The second kappa shape index (κ2) is 8.22. The van der Waals surface area contributed by atoms with Crippen LogP contribution in [0.4, 0.5) is 4.39 Å². The molecule has 8 heteroatoms. The van der Waals surface area contributed by atoms with Gasteiger partial charge in [0.1, 0.15) is 5.82 Å². The van der Waals surface area contributed by atoms with Gasteiger partial charge in [-0.05, 0) is 46.0 Å². The first kappa shape index (κ1) is 21.7. The monoisotopic (exact) mass is 460 g/mol. The number of nitrogens with one attached hydrogen (secondary N) is 1. The molecule has 1 aliphatic rings. The quantitative estimate of drug-likeness (QED) is 0.639. The highest BCUT2D eigenvalue weighted by Gasteiger charge is 2.26. The molecule has 1 aliphatic heterocycles. The van der Waals surface area contributed by atoms with Crippen LogP contribution in [-0.4, -0.2) is 18.7 Å². The van der Waals surface area contributed by atoms with Crippen LogP contribution in [0.1, 0.15) is 35.2 Å². The van der Waals surface area contributed by atoms with E-state index >= 15 is 0 Å². The molecule has 2 heterocycles. The van der Waals surface area contributed by atoms with Crippen LogP contribution in [-0.2, 0) is 29.2 Å². The number of benzene rings is 2. The third-order valence-electron chi connectivity index (χ3n) is 5.63. The van der Waals surface area contributed by atoms with Crippen molar-refractivity contribution in [2.45, 2.75) is 25.3 Å². The van der Waals surface area contributed by atoms with Gasteiger partial charge in [-0.2, -0.15) is 0 Å². The molecule has 1 aromatic heterocycles. The standard InChI is InChI=1S/C23H22ClFN2O3S/c1-3-31(29,30)13-14-4-6-17-19(8-14)20-12-27(2)22(28)9-15(20)11-26-23(17)18-7-5-16(25)10-21(18)24/h4-10,12,23,26H,3,11,13H2,1-2H3. The zero-order valence-corrected chi connectivity index (χ0v) is 18.7. The van der Waals surface area contributed by atoms with Crippen molar-refractivity contribution in [3.8, 4) is 11.1 Å². The summed E-state index contributed by atoms with van der Waals surface area (Å²) in [6, 6.07) is 11.0. The van der Waals surface area contributed by atoms with Gasteiger partial charge in [-0.3, -0.25) is 4.79 Å². The first-order valence-electron chi connectivity index (χ1n) is 9.90. The summed E-state index contributed by atoms with van der Waals surface area (Å²) in [7, 11) is -1.53. The number of aromatic nitrogens is 1. The maximum absolute atomic E-state index is 13.6. The van der Waals surface area contributed by atoms with Crippen LogP contribution in [0.3, 0.4) is 0 Å². The molecular formula is C23H22ClFN2O3S. The average Bonchev–Trinajstić information content (AvgIpc) is 2.85. The van der Waals surface area contributed by atoms with Crippen LogP contribution in [0.5, 0.6) is 0 Å². The fourth-order valence-electron chi connectivity index (χ4n) is 3.93. The maximum atomic E-state index is 13.6. The Morgan fingerprint density at radius 3 is 2.58 bits per heavy atom. The van der Waals surface area contributed by atoms with E-state index in [4.69, 9.17) is 11.6 Å². The van der Waals surface area contributed by atoms with Crippen molar-refractivity contribution in [2.75, 3.05) is 5.75 Å². The highest BCUT2D eigenvalue weighted by molar-refractivity contribution is 7.90. The Balaban J connectivity index is 1.94. The predicted octanol–water partition coefficient (Wildman–Crippen LogP) is 3.97. The van der Waals surface area contributed by atoms with Crippen molar-refractivity contribution in [1.82, 2.24) is 9.88 Å². The minimum absolute atomic E-state index is 0.0601. The first-order chi connectivity index (χ1) is 14.7. The van der Waals surface area contributed by atoms with Crippen LogP contribution in [0.2, 0.25) is 5.02 Å². The number of pyridine rings is 1. The summed E-state index contributed by atoms with van der Waals surface area (Å²) in [5, 5.41) is 3.72. The SMILES string of the molecule is CCS(=O)(=O)Cc1ccc2c(c1)-c1cn(C)c(=O)cc1CNC2c1ccc(F)cc1Cl. The minimum Gasteiger partial charge on any atom is -0.318 e. The summed E-state index contributed by atoms with van der Waals surface area (Å²) >= 11 is 6.37. The Hall–Kier alpha value is -2.48. The minimum atomic E-state index is -3.21. The second-order valence-electron chi connectivity index (χ2n) is 7.74. The lowest BCUT2D eigenvalue weighted by Gasteiger charge is -2.21. The van der Waals surface area contributed by atoms with E-state index in [2.05, 4.69) is 5.32 Å². The van der Waals surface area contributed by atoms with Crippen molar-refractivity contribution in [2.24, 2.45) is 7.05 Å². The van der Waals surface area contributed by atoms with Crippen molar-refractivity contribution >= 4 is 21.4 Å². The Morgan fingerprint density at radius 1 is 1.13 bits per heavy atom. The second-order valence-corrected chi connectivity index (χ2v) is 10.5. The van der Waals surface area contributed by atoms with E-state index < -0.39 is 15.7 Å². The molecule has 0 saturated carbocycles. The summed E-state index contributed by atoms with van der Waals surface area (Å²) in [5.41, 5.74) is 4.60. The van der Waals surface area contributed by atoms with Gasteiger partial charge < -0.3 is 9.88 Å². The fourth-order valence-corrected chi connectivity index (χ4v) is 5.09. The van der Waals surface area contributed by atoms with Gasteiger partial charge in [-0.1, -0.05) is 36.7 Å². The number of fused-ring (bicyclic) bond motifs is 3. The molecule has 0 radical (unpaired) electrons. The molecule has 1 atom stereocenters. The van der Waals surface area contributed by atoms with Crippen LogP contribution >= 0.6 is 11.6 Å². The molecule has 3 aromatic rings. The molecule has 0 saturated heterocycles. The molecule has 1 N–H and O–H groups in total. The average molecular weight is 461 g/mol. The predicted molar refractivity (Wildman–Crippen MR) is 120 cm³/mol. The zero-order valence-electron chi connectivity index (χ0n) is 17.2. The molecule has 0 fully saturated rings. The molecule has 0 amide bonds. The van der Waals surface area contributed by atoms with E-state index in [0.717, 1.165) is 22.3 Å². The number of aryl methyl sites for hydroxylation is 1. The van der Waals surface area contributed by atoms with Gasteiger partial charge >= 0.3 is 0 Å². The van der Waals surface area contributed by atoms with Gasteiger partial charge in [-0.15, -0.1) is 0 Å². The van der Waals surface area contributed by atoms with Gasteiger partial charge in [-0.25, -0.2) is 12.8 Å². The lowest BCUT2D eigenvalue weighted by Crippen LogP contribution is -2.22. The highest BCUT2D eigenvalue weighted by atomic mass is 35.5. The third-order valence-corrected chi connectivity index (χ3v) is 7.61. The number of nitrogens with zero attached hydrogens (tertiary/aromatic N) is 1. The molecule has 2 aromatic carbocycles. The molecule has 162 valence electrons. The largest absolute Gasteiger partial charge is 0.318 e. The molecule has 0 bridgehead atoms. The fraction of sp³-hybridized carbons (Fsp3) is 0.261. The van der Waals surface area contributed by atoms with Crippen LogP contribution in [0.15, 0.2) is 53.5 Å². The van der Waals surface area contributed by atoms with E-state index in [1.165, 1.54) is 16.7 Å². The summed E-state index contributed by atoms with van der Waals surface area (Å²) in [6.45, 7) is 2.03. The number of halogens is 2. The Morgan fingerprint density at radius 2 is 1.87 bits per heavy atom. The van der Waals surface area contributed by atoms with Crippen molar-refractivity contribution in [3.63, 3.8) is 0 Å². The molecule has 0 aliphatic carbocycles. The summed E-state index contributed by atoms with van der Waals surface area (Å²) in [4.78, 5) is 12.2. The van der Waals surface area contributed by atoms with Gasteiger partial charge in [0.25, 0.3) is 5.56 Å². The topological polar surface area (TPSA) is 68.2 Å². The van der Waals surface area contributed by atoms with Crippen LogP contribution in [0, 0.1) is 5.82 Å². The van der Waals surface area contributed by atoms with Gasteiger partial charge in [0.05, 0.1) is 11.8 Å². The van der Waals surface area contributed by atoms with Gasteiger partial charge in [0.2, 0.25) is 0 Å². The highest BCUT2D eigenvalue weighted by Crippen LogP contribution is 2.39. The zero-order chi connectivity index (χ0) is 22.3. The lowest BCUT2D eigenvalue weighted by atomic mass is 9.90.